The summed E-state index contributed by atoms with van der Waals surface area (Å²) in [6.07, 6.45) is 0. The topological polar surface area (TPSA) is 61.4 Å². The molecule has 0 unspecified atom stereocenters. The highest BCUT2D eigenvalue weighted by molar-refractivity contribution is 7.99. The first kappa shape index (κ1) is 18.3. The molecule has 0 aromatic heterocycles. The van der Waals surface area contributed by atoms with Crippen LogP contribution in [0.4, 0.5) is 17.1 Å². The SMILES string of the molecule is CC(C)C(=O)Nc1ccc(NCC(=O)N2CCSc3ccccc32)cc1. The highest BCUT2D eigenvalue weighted by Crippen LogP contribution is 2.34. The largest absolute Gasteiger partial charge is 0.376 e. The summed E-state index contributed by atoms with van der Waals surface area (Å²) >= 11 is 1.78. The van der Waals surface area contributed by atoms with E-state index in [1.165, 1.54) is 0 Å². The van der Waals surface area contributed by atoms with Gasteiger partial charge in [-0.1, -0.05) is 26.0 Å². The molecule has 5 nitrogen and oxygen atoms in total. The molecule has 0 atom stereocenters. The van der Waals surface area contributed by atoms with Gasteiger partial charge in [0.25, 0.3) is 0 Å². The van der Waals surface area contributed by atoms with Gasteiger partial charge in [0, 0.05) is 34.5 Å². The van der Waals surface area contributed by atoms with Crippen LogP contribution in [0.25, 0.3) is 0 Å². The number of benzene rings is 2. The van der Waals surface area contributed by atoms with Gasteiger partial charge in [0.05, 0.1) is 12.2 Å². The second kappa shape index (κ2) is 8.27. The van der Waals surface area contributed by atoms with E-state index in [4.69, 9.17) is 0 Å². The molecule has 26 heavy (non-hydrogen) atoms. The van der Waals surface area contributed by atoms with Crippen molar-refractivity contribution in [1.29, 1.82) is 0 Å². The van der Waals surface area contributed by atoms with Crippen molar-refractivity contribution >= 4 is 40.6 Å². The highest BCUT2D eigenvalue weighted by atomic mass is 32.2. The smallest absolute Gasteiger partial charge is 0.246 e. The summed E-state index contributed by atoms with van der Waals surface area (Å²) in [6.45, 7) is 4.67. The number of para-hydroxylation sites is 1. The molecule has 136 valence electrons. The zero-order valence-corrected chi connectivity index (χ0v) is 15.8. The number of amides is 2. The Morgan fingerprint density at radius 1 is 1.08 bits per heavy atom. The molecule has 1 aliphatic heterocycles. The van der Waals surface area contributed by atoms with Gasteiger partial charge in [-0.15, -0.1) is 11.8 Å². The summed E-state index contributed by atoms with van der Waals surface area (Å²) in [5.74, 6) is 0.890. The molecule has 0 spiro atoms. The molecule has 0 saturated heterocycles. The van der Waals surface area contributed by atoms with Crippen LogP contribution in [0.3, 0.4) is 0 Å². The molecule has 6 heteroatoms. The molecule has 3 rings (SSSR count). The van der Waals surface area contributed by atoms with E-state index in [0.717, 1.165) is 34.3 Å². The lowest BCUT2D eigenvalue weighted by atomic mass is 10.2. The second-order valence-electron chi connectivity index (χ2n) is 6.44. The molecule has 2 N–H and O–H groups in total. The van der Waals surface area contributed by atoms with Crippen LogP contribution in [0.2, 0.25) is 0 Å². The van der Waals surface area contributed by atoms with E-state index in [1.54, 1.807) is 11.8 Å². The van der Waals surface area contributed by atoms with Gasteiger partial charge in [-0.25, -0.2) is 0 Å². The molecule has 0 aliphatic carbocycles. The van der Waals surface area contributed by atoms with Gasteiger partial charge in [-0.2, -0.15) is 0 Å². The van der Waals surface area contributed by atoms with Crippen molar-refractivity contribution in [2.24, 2.45) is 5.92 Å². The second-order valence-corrected chi connectivity index (χ2v) is 7.57. The van der Waals surface area contributed by atoms with E-state index >= 15 is 0 Å². The Bertz CT molecular complexity index is 790. The fourth-order valence-electron chi connectivity index (χ4n) is 2.66. The third-order valence-corrected chi connectivity index (χ3v) is 5.19. The summed E-state index contributed by atoms with van der Waals surface area (Å²) < 4.78 is 0. The molecule has 2 aromatic carbocycles. The molecule has 1 aliphatic rings. The average Bonchev–Trinajstić information content (AvgIpc) is 2.66. The highest BCUT2D eigenvalue weighted by Gasteiger charge is 2.22. The van der Waals surface area contributed by atoms with E-state index in [-0.39, 0.29) is 24.3 Å². The maximum absolute atomic E-state index is 12.6. The van der Waals surface area contributed by atoms with Gasteiger partial charge in [-0.05, 0) is 36.4 Å². The van der Waals surface area contributed by atoms with Crippen molar-refractivity contribution < 1.29 is 9.59 Å². The van der Waals surface area contributed by atoms with Gasteiger partial charge in [-0.3, -0.25) is 9.59 Å². The summed E-state index contributed by atoms with van der Waals surface area (Å²) in [6, 6.07) is 15.4. The first-order valence-electron chi connectivity index (χ1n) is 8.71. The van der Waals surface area contributed by atoms with Gasteiger partial charge < -0.3 is 15.5 Å². The lowest BCUT2D eigenvalue weighted by Crippen LogP contribution is -2.39. The minimum atomic E-state index is -0.0593. The summed E-state index contributed by atoms with van der Waals surface area (Å²) in [7, 11) is 0. The third kappa shape index (κ3) is 4.38. The van der Waals surface area contributed by atoms with E-state index in [0.29, 0.717) is 0 Å². The van der Waals surface area contributed by atoms with Crippen molar-refractivity contribution in [3.8, 4) is 0 Å². The Labute approximate surface area is 158 Å². The maximum Gasteiger partial charge on any atom is 0.246 e. The molecule has 0 saturated carbocycles. The molecular weight excluding hydrogens is 346 g/mol. The monoisotopic (exact) mass is 369 g/mol. The van der Waals surface area contributed by atoms with Crippen LogP contribution < -0.4 is 15.5 Å². The van der Waals surface area contributed by atoms with Gasteiger partial charge >= 0.3 is 0 Å². The molecule has 0 bridgehead atoms. The molecule has 1 heterocycles. The fourth-order valence-corrected chi connectivity index (χ4v) is 3.65. The van der Waals surface area contributed by atoms with E-state index < -0.39 is 0 Å². The van der Waals surface area contributed by atoms with Gasteiger partial charge in [0.15, 0.2) is 0 Å². The van der Waals surface area contributed by atoms with E-state index in [1.807, 2.05) is 61.2 Å². The first-order chi connectivity index (χ1) is 12.5. The summed E-state index contributed by atoms with van der Waals surface area (Å²) in [4.78, 5) is 27.3. The number of hydrogen-bond acceptors (Lipinski definition) is 4. The van der Waals surface area contributed by atoms with Crippen LogP contribution in [0.1, 0.15) is 13.8 Å². The fraction of sp³-hybridized carbons (Fsp3) is 0.300. The number of anilines is 3. The van der Waals surface area contributed by atoms with Gasteiger partial charge in [0.2, 0.25) is 11.8 Å². The normalized spacial score (nSPS) is 13.3. The van der Waals surface area contributed by atoms with E-state index in [2.05, 4.69) is 16.7 Å². The van der Waals surface area contributed by atoms with Crippen molar-refractivity contribution in [3.63, 3.8) is 0 Å². The Balaban J connectivity index is 1.58. The number of hydrogen-bond donors (Lipinski definition) is 2. The van der Waals surface area contributed by atoms with Crippen LogP contribution in [0, 0.1) is 5.92 Å². The average molecular weight is 369 g/mol. The zero-order chi connectivity index (χ0) is 18.5. The third-order valence-electron chi connectivity index (χ3n) is 4.15. The first-order valence-corrected chi connectivity index (χ1v) is 9.70. The van der Waals surface area contributed by atoms with Crippen LogP contribution in [0.5, 0.6) is 0 Å². The van der Waals surface area contributed by atoms with Crippen molar-refractivity contribution in [1.82, 2.24) is 0 Å². The summed E-state index contributed by atoms with van der Waals surface area (Å²) in [5.41, 5.74) is 2.59. The number of carbonyl (C=O) groups excluding carboxylic acids is 2. The number of fused-ring (bicyclic) bond motifs is 1. The Hall–Kier alpha value is -2.47. The van der Waals surface area contributed by atoms with Crippen LogP contribution in [0.15, 0.2) is 53.4 Å². The minimum Gasteiger partial charge on any atom is -0.376 e. The number of rotatable bonds is 5. The number of nitrogens with one attached hydrogen (secondary N) is 2. The summed E-state index contributed by atoms with van der Waals surface area (Å²) in [5, 5.41) is 6.02. The minimum absolute atomic E-state index is 0.0116. The maximum atomic E-state index is 12.6. The molecule has 2 amide bonds. The lowest BCUT2D eigenvalue weighted by molar-refractivity contribution is -0.119. The standard InChI is InChI=1S/C20H23N3O2S/c1-14(2)20(25)22-16-9-7-15(8-10-16)21-13-19(24)23-11-12-26-18-6-4-3-5-17(18)23/h3-10,14,21H,11-13H2,1-2H3,(H,22,25). The zero-order valence-electron chi connectivity index (χ0n) is 15.0. The Morgan fingerprint density at radius 3 is 2.50 bits per heavy atom. The number of thioether (sulfide) groups is 1. The number of carbonyl (C=O) groups is 2. The van der Waals surface area contributed by atoms with Crippen molar-refractivity contribution in [3.05, 3.63) is 48.5 Å². The molecule has 0 fully saturated rings. The quantitative estimate of drug-likeness (QED) is 0.841. The molecule has 2 aromatic rings. The number of nitrogens with zero attached hydrogens (tertiary/aromatic N) is 1. The van der Waals surface area contributed by atoms with Crippen LogP contribution in [-0.4, -0.2) is 30.7 Å². The lowest BCUT2D eigenvalue weighted by Gasteiger charge is -2.29. The van der Waals surface area contributed by atoms with Crippen molar-refractivity contribution in [2.75, 3.05) is 34.4 Å². The molecular formula is C20H23N3O2S. The Kier molecular flexibility index (Phi) is 5.83. The van der Waals surface area contributed by atoms with Crippen molar-refractivity contribution in [2.45, 2.75) is 18.7 Å². The van der Waals surface area contributed by atoms with Gasteiger partial charge in [0.1, 0.15) is 0 Å². The Morgan fingerprint density at radius 2 is 1.77 bits per heavy atom. The predicted octanol–water partition coefficient (Wildman–Crippen LogP) is 3.83. The predicted molar refractivity (Wildman–Crippen MR) is 108 cm³/mol. The molecule has 0 radical (unpaired) electrons. The van der Waals surface area contributed by atoms with E-state index in [9.17, 15) is 9.59 Å². The van der Waals surface area contributed by atoms with Crippen LogP contribution in [-0.2, 0) is 9.59 Å². The van der Waals surface area contributed by atoms with Crippen LogP contribution >= 0.6 is 11.8 Å².